The van der Waals surface area contributed by atoms with E-state index in [1.165, 1.54) is 0 Å². The molecule has 0 radical (unpaired) electrons. The van der Waals surface area contributed by atoms with Crippen LogP contribution in [0.3, 0.4) is 0 Å². The van der Waals surface area contributed by atoms with Gasteiger partial charge < -0.3 is 15.0 Å². The summed E-state index contributed by atoms with van der Waals surface area (Å²) in [5.74, 6) is 0.933. The van der Waals surface area contributed by atoms with Crippen LogP contribution in [0.25, 0.3) is 0 Å². The van der Waals surface area contributed by atoms with Crippen LogP contribution >= 0.6 is 0 Å². The molecule has 16 heavy (non-hydrogen) atoms. The van der Waals surface area contributed by atoms with E-state index in [-0.39, 0.29) is 12.1 Å². The summed E-state index contributed by atoms with van der Waals surface area (Å²) in [5, 5.41) is 0. The summed E-state index contributed by atoms with van der Waals surface area (Å²) in [6.45, 7) is 5.25. The quantitative estimate of drug-likeness (QED) is 0.773. The van der Waals surface area contributed by atoms with Crippen molar-refractivity contribution in [3.8, 4) is 0 Å². The average Bonchev–Trinajstić information content (AvgIpc) is 2.73. The highest BCUT2D eigenvalue weighted by atomic mass is 16.5. The largest absolute Gasteiger partial charge is 0.379 e. The Bertz CT molecular complexity index is 298. The molecule has 0 amide bonds. The van der Waals surface area contributed by atoms with E-state index >= 15 is 0 Å². The summed E-state index contributed by atoms with van der Waals surface area (Å²) >= 11 is 0. The van der Waals surface area contributed by atoms with Crippen LogP contribution in [-0.4, -0.2) is 22.8 Å². The fraction of sp³-hybridized carbons (Fsp3) is 0.750. The highest BCUT2D eigenvalue weighted by Gasteiger charge is 2.22. The van der Waals surface area contributed by atoms with Gasteiger partial charge in [0, 0.05) is 26.0 Å². The SMILES string of the molecule is CCCC(OC)C(N)c1nccn1CCC. The normalized spacial score (nSPS) is 15.0. The summed E-state index contributed by atoms with van der Waals surface area (Å²) in [5.41, 5.74) is 6.20. The van der Waals surface area contributed by atoms with Crippen LogP contribution in [0.4, 0.5) is 0 Å². The van der Waals surface area contributed by atoms with E-state index in [0.717, 1.165) is 31.6 Å². The number of methoxy groups -OCH3 is 1. The topological polar surface area (TPSA) is 53.1 Å². The smallest absolute Gasteiger partial charge is 0.128 e. The number of aromatic nitrogens is 2. The zero-order valence-electron chi connectivity index (χ0n) is 10.5. The summed E-state index contributed by atoms with van der Waals surface area (Å²) in [6.07, 6.45) is 6.97. The molecule has 1 rings (SSSR count). The molecule has 2 N–H and O–H groups in total. The zero-order valence-corrected chi connectivity index (χ0v) is 10.5. The molecule has 1 heterocycles. The van der Waals surface area contributed by atoms with Crippen molar-refractivity contribution < 1.29 is 4.74 Å². The molecule has 0 saturated heterocycles. The molecule has 0 bridgehead atoms. The lowest BCUT2D eigenvalue weighted by molar-refractivity contribution is 0.0691. The second-order valence-corrected chi connectivity index (χ2v) is 4.07. The molecular formula is C12H23N3O. The Balaban J connectivity index is 2.76. The van der Waals surface area contributed by atoms with E-state index in [4.69, 9.17) is 10.5 Å². The molecule has 4 nitrogen and oxygen atoms in total. The molecular weight excluding hydrogens is 202 g/mol. The number of aryl methyl sites for hydroxylation is 1. The molecule has 1 aromatic heterocycles. The molecule has 92 valence electrons. The number of nitrogens with two attached hydrogens (primary N) is 1. The summed E-state index contributed by atoms with van der Waals surface area (Å²) in [4.78, 5) is 4.34. The molecule has 4 heteroatoms. The van der Waals surface area contributed by atoms with Gasteiger partial charge in [0.1, 0.15) is 5.82 Å². The van der Waals surface area contributed by atoms with E-state index in [1.807, 2.05) is 12.4 Å². The summed E-state index contributed by atoms with van der Waals surface area (Å²) in [6, 6.07) is -0.133. The van der Waals surface area contributed by atoms with Crippen molar-refractivity contribution in [2.24, 2.45) is 5.73 Å². The van der Waals surface area contributed by atoms with Crippen molar-refractivity contribution in [2.45, 2.75) is 51.8 Å². The van der Waals surface area contributed by atoms with E-state index in [1.54, 1.807) is 7.11 Å². The Morgan fingerprint density at radius 1 is 1.44 bits per heavy atom. The minimum Gasteiger partial charge on any atom is -0.379 e. The van der Waals surface area contributed by atoms with Crippen LogP contribution in [0, 0.1) is 0 Å². The van der Waals surface area contributed by atoms with E-state index in [2.05, 4.69) is 23.4 Å². The van der Waals surface area contributed by atoms with Crippen LogP contribution in [0.1, 0.15) is 45.0 Å². The summed E-state index contributed by atoms with van der Waals surface area (Å²) in [7, 11) is 1.72. The van der Waals surface area contributed by atoms with Crippen molar-refractivity contribution in [1.82, 2.24) is 9.55 Å². The Morgan fingerprint density at radius 3 is 2.75 bits per heavy atom. The van der Waals surface area contributed by atoms with Crippen LogP contribution in [0.2, 0.25) is 0 Å². The van der Waals surface area contributed by atoms with Gasteiger partial charge in [0.15, 0.2) is 0 Å². The molecule has 0 aliphatic carbocycles. The molecule has 0 aliphatic rings. The molecule has 0 aliphatic heterocycles. The predicted octanol–water partition coefficient (Wildman–Crippen LogP) is 2.11. The maximum atomic E-state index is 6.20. The Kier molecular flexibility index (Phi) is 5.49. The molecule has 2 unspecified atom stereocenters. The first kappa shape index (κ1) is 13.2. The van der Waals surface area contributed by atoms with Crippen molar-refractivity contribution in [2.75, 3.05) is 7.11 Å². The third-order valence-electron chi connectivity index (χ3n) is 2.79. The highest BCUT2D eigenvalue weighted by molar-refractivity contribution is 5.01. The molecule has 0 fully saturated rings. The van der Waals surface area contributed by atoms with Crippen molar-refractivity contribution >= 4 is 0 Å². The molecule has 1 aromatic rings. The number of ether oxygens (including phenoxy) is 1. The lowest BCUT2D eigenvalue weighted by Gasteiger charge is -2.22. The van der Waals surface area contributed by atoms with Crippen LogP contribution in [0.5, 0.6) is 0 Å². The standard InChI is InChI=1S/C12H23N3O/c1-4-6-10(16-3)11(13)12-14-7-9-15(12)8-5-2/h7,9-11H,4-6,8,13H2,1-3H3. The molecule has 0 spiro atoms. The average molecular weight is 225 g/mol. The van der Waals surface area contributed by atoms with Gasteiger partial charge in [-0.3, -0.25) is 0 Å². The molecule has 2 atom stereocenters. The monoisotopic (exact) mass is 225 g/mol. The highest BCUT2D eigenvalue weighted by Crippen LogP contribution is 2.18. The van der Waals surface area contributed by atoms with Gasteiger partial charge in [0.25, 0.3) is 0 Å². The Hall–Kier alpha value is -0.870. The second kappa shape index (κ2) is 6.66. The number of rotatable bonds is 7. The Labute approximate surface area is 97.8 Å². The van der Waals surface area contributed by atoms with Gasteiger partial charge in [0.05, 0.1) is 12.1 Å². The number of nitrogens with zero attached hydrogens (tertiary/aromatic N) is 2. The lowest BCUT2D eigenvalue weighted by Crippen LogP contribution is -2.30. The minimum absolute atomic E-state index is 0.0583. The fourth-order valence-corrected chi connectivity index (χ4v) is 1.94. The second-order valence-electron chi connectivity index (χ2n) is 4.07. The molecule has 0 aromatic carbocycles. The van der Waals surface area contributed by atoms with Gasteiger partial charge in [-0.25, -0.2) is 4.98 Å². The predicted molar refractivity (Wildman–Crippen MR) is 65.2 cm³/mol. The number of imidazole rings is 1. The van der Waals surface area contributed by atoms with E-state index in [0.29, 0.717) is 0 Å². The van der Waals surface area contributed by atoms with Gasteiger partial charge in [-0.2, -0.15) is 0 Å². The van der Waals surface area contributed by atoms with E-state index in [9.17, 15) is 0 Å². The van der Waals surface area contributed by atoms with Gasteiger partial charge in [-0.15, -0.1) is 0 Å². The fourth-order valence-electron chi connectivity index (χ4n) is 1.94. The lowest BCUT2D eigenvalue weighted by atomic mass is 10.1. The maximum Gasteiger partial charge on any atom is 0.128 e. The first-order valence-corrected chi connectivity index (χ1v) is 6.03. The third-order valence-corrected chi connectivity index (χ3v) is 2.79. The maximum absolute atomic E-state index is 6.20. The number of hydrogen-bond acceptors (Lipinski definition) is 3. The van der Waals surface area contributed by atoms with Crippen molar-refractivity contribution in [3.05, 3.63) is 18.2 Å². The minimum atomic E-state index is -0.133. The molecule has 0 saturated carbocycles. The van der Waals surface area contributed by atoms with Crippen LogP contribution < -0.4 is 5.73 Å². The van der Waals surface area contributed by atoms with Gasteiger partial charge in [-0.05, 0) is 12.8 Å². The summed E-state index contributed by atoms with van der Waals surface area (Å²) < 4.78 is 7.55. The first-order valence-electron chi connectivity index (χ1n) is 6.03. The third kappa shape index (κ3) is 3.06. The van der Waals surface area contributed by atoms with Crippen molar-refractivity contribution in [1.29, 1.82) is 0 Å². The van der Waals surface area contributed by atoms with Crippen LogP contribution in [0.15, 0.2) is 12.4 Å². The van der Waals surface area contributed by atoms with Gasteiger partial charge in [0.2, 0.25) is 0 Å². The zero-order chi connectivity index (χ0) is 12.0. The van der Waals surface area contributed by atoms with Crippen LogP contribution in [-0.2, 0) is 11.3 Å². The first-order chi connectivity index (χ1) is 7.74. The van der Waals surface area contributed by atoms with Gasteiger partial charge in [-0.1, -0.05) is 20.3 Å². The van der Waals surface area contributed by atoms with Gasteiger partial charge >= 0.3 is 0 Å². The number of hydrogen-bond donors (Lipinski definition) is 1. The van der Waals surface area contributed by atoms with Crippen molar-refractivity contribution in [3.63, 3.8) is 0 Å². The van der Waals surface area contributed by atoms with E-state index < -0.39 is 0 Å². The Morgan fingerprint density at radius 2 is 2.19 bits per heavy atom.